The zero-order valence-corrected chi connectivity index (χ0v) is 14.0. The lowest BCUT2D eigenvalue weighted by Gasteiger charge is -2.25. The highest BCUT2D eigenvalue weighted by molar-refractivity contribution is 7.99. The van der Waals surface area contributed by atoms with Crippen molar-refractivity contribution in [1.29, 1.82) is 0 Å². The summed E-state index contributed by atoms with van der Waals surface area (Å²) in [4.78, 5) is 0. The fourth-order valence-corrected chi connectivity index (χ4v) is 3.48. The molecule has 0 aliphatic rings. The number of nitrogens with one attached hydrogen (secondary N) is 1. The van der Waals surface area contributed by atoms with Crippen LogP contribution in [0.3, 0.4) is 0 Å². The van der Waals surface area contributed by atoms with Gasteiger partial charge in [-0.3, -0.25) is 0 Å². The van der Waals surface area contributed by atoms with Gasteiger partial charge in [0.05, 0.1) is 12.0 Å². The van der Waals surface area contributed by atoms with Crippen molar-refractivity contribution in [3.8, 4) is 0 Å². The van der Waals surface area contributed by atoms with Gasteiger partial charge in [-0.15, -0.1) is 11.8 Å². The number of hydrogen-bond acceptors (Lipinski definition) is 3. The van der Waals surface area contributed by atoms with Crippen LogP contribution in [0, 0.1) is 0 Å². The molecule has 2 rings (SSSR count). The molecule has 0 fully saturated rings. The zero-order chi connectivity index (χ0) is 15.1. The van der Waals surface area contributed by atoms with Gasteiger partial charge in [-0.2, -0.15) is 0 Å². The standard InChI is InChI=1S/C18H25NOS/c1-4-15-8-10-16(11-9-15)18(19-5-2)14(3)21-13-17-7-6-12-20-17/h6-12,14,18-19H,4-5,13H2,1-3H3. The molecule has 0 radical (unpaired) electrons. The molecule has 114 valence electrons. The Morgan fingerprint density at radius 3 is 2.48 bits per heavy atom. The van der Waals surface area contributed by atoms with Crippen molar-refractivity contribution in [3.63, 3.8) is 0 Å². The van der Waals surface area contributed by atoms with Crippen LogP contribution in [0.25, 0.3) is 0 Å². The Bertz CT molecular complexity index is 507. The molecule has 1 aromatic carbocycles. The smallest absolute Gasteiger partial charge is 0.113 e. The Morgan fingerprint density at radius 1 is 1.14 bits per heavy atom. The molecule has 1 N–H and O–H groups in total. The molecule has 2 aromatic rings. The topological polar surface area (TPSA) is 25.2 Å². The maximum absolute atomic E-state index is 5.42. The third-order valence-corrected chi connectivity index (χ3v) is 4.96. The summed E-state index contributed by atoms with van der Waals surface area (Å²) in [5.41, 5.74) is 2.76. The molecule has 0 aliphatic carbocycles. The summed E-state index contributed by atoms with van der Waals surface area (Å²) in [7, 11) is 0. The average Bonchev–Trinajstić information content (AvgIpc) is 3.04. The van der Waals surface area contributed by atoms with Crippen molar-refractivity contribution >= 4 is 11.8 Å². The third-order valence-electron chi connectivity index (χ3n) is 3.71. The van der Waals surface area contributed by atoms with Crippen molar-refractivity contribution in [3.05, 3.63) is 59.5 Å². The second kappa shape index (κ2) is 8.30. The van der Waals surface area contributed by atoms with Gasteiger partial charge in [-0.25, -0.2) is 0 Å². The third kappa shape index (κ3) is 4.65. The van der Waals surface area contributed by atoms with Crippen LogP contribution in [-0.2, 0) is 12.2 Å². The van der Waals surface area contributed by atoms with Crippen LogP contribution < -0.4 is 5.32 Å². The van der Waals surface area contributed by atoms with Gasteiger partial charge < -0.3 is 9.73 Å². The lowest BCUT2D eigenvalue weighted by molar-refractivity contribution is 0.526. The minimum atomic E-state index is 0.376. The highest BCUT2D eigenvalue weighted by atomic mass is 32.2. The Kier molecular flexibility index (Phi) is 6.40. The number of benzene rings is 1. The first kappa shape index (κ1) is 16.2. The van der Waals surface area contributed by atoms with Crippen LogP contribution in [0.4, 0.5) is 0 Å². The Labute approximate surface area is 132 Å². The molecule has 0 bridgehead atoms. The van der Waals surface area contributed by atoms with E-state index >= 15 is 0 Å². The van der Waals surface area contributed by atoms with Crippen LogP contribution in [0.15, 0.2) is 47.1 Å². The summed E-state index contributed by atoms with van der Waals surface area (Å²) in [5, 5.41) is 4.10. The van der Waals surface area contributed by atoms with E-state index in [9.17, 15) is 0 Å². The minimum absolute atomic E-state index is 0.376. The van der Waals surface area contributed by atoms with Gasteiger partial charge in [0, 0.05) is 11.3 Å². The van der Waals surface area contributed by atoms with E-state index in [-0.39, 0.29) is 0 Å². The minimum Gasteiger partial charge on any atom is -0.468 e. The molecule has 1 aromatic heterocycles. The van der Waals surface area contributed by atoms with E-state index in [0.717, 1.165) is 24.5 Å². The van der Waals surface area contributed by atoms with Crippen LogP contribution in [-0.4, -0.2) is 11.8 Å². The highest BCUT2D eigenvalue weighted by Gasteiger charge is 2.19. The fourth-order valence-electron chi connectivity index (χ4n) is 2.44. The first-order valence-electron chi connectivity index (χ1n) is 7.70. The molecule has 2 nitrogen and oxygen atoms in total. The van der Waals surface area contributed by atoms with E-state index in [4.69, 9.17) is 4.42 Å². The van der Waals surface area contributed by atoms with Crippen molar-refractivity contribution < 1.29 is 4.42 Å². The van der Waals surface area contributed by atoms with Crippen molar-refractivity contribution in [2.24, 2.45) is 0 Å². The lowest BCUT2D eigenvalue weighted by Crippen LogP contribution is -2.28. The van der Waals surface area contributed by atoms with Crippen LogP contribution in [0.1, 0.15) is 43.7 Å². The van der Waals surface area contributed by atoms with Crippen LogP contribution in [0.5, 0.6) is 0 Å². The maximum atomic E-state index is 5.42. The second-order valence-electron chi connectivity index (χ2n) is 5.23. The number of aryl methyl sites for hydroxylation is 1. The SMILES string of the molecule is CCNC(c1ccc(CC)cc1)C(C)SCc1ccco1. The fraction of sp³-hybridized carbons (Fsp3) is 0.444. The summed E-state index contributed by atoms with van der Waals surface area (Å²) >= 11 is 1.93. The van der Waals surface area contributed by atoms with E-state index in [1.54, 1.807) is 6.26 Å². The quantitative estimate of drug-likeness (QED) is 0.757. The molecule has 0 spiro atoms. The number of thioether (sulfide) groups is 1. The molecule has 0 aliphatic heterocycles. The first-order valence-corrected chi connectivity index (χ1v) is 8.75. The van der Waals surface area contributed by atoms with E-state index in [1.165, 1.54) is 11.1 Å². The van der Waals surface area contributed by atoms with E-state index < -0.39 is 0 Å². The second-order valence-corrected chi connectivity index (χ2v) is 6.59. The van der Waals surface area contributed by atoms with Crippen LogP contribution in [0.2, 0.25) is 0 Å². The lowest BCUT2D eigenvalue weighted by atomic mass is 10.0. The Hall–Kier alpha value is -1.19. The van der Waals surface area contributed by atoms with E-state index in [0.29, 0.717) is 11.3 Å². The van der Waals surface area contributed by atoms with Crippen molar-refractivity contribution in [2.75, 3.05) is 6.54 Å². The van der Waals surface area contributed by atoms with Gasteiger partial charge in [0.15, 0.2) is 0 Å². The summed E-state index contributed by atoms with van der Waals surface area (Å²) in [6.45, 7) is 7.62. The molecular weight excluding hydrogens is 278 g/mol. The molecule has 2 unspecified atom stereocenters. The molecule has 1 heterocycles. The maximum Gasteiger partial charge on any atom is 0.113 e. The van der Waals surface area contributed by atoms with Gasteiger partial charge in [-0.05, 0) is 36.2 Å². The van der Waals surface area contributed by atoms with Gasteiger partial charge in [0.25, 0.3) is 0 Å². The van der Waals surface area contributed by atoms with E-state index in [1.807, 2.05) is 23.9 Å². The van der Waals surface area contributed by atoms with Crippen molar-refractivity contribution in [1.82, 2.24) is 5.32 Å². The zero-order valence-electron chi connectivity index (χ0n) is 13.1. The number of hydrogen-bond donors (Lipinski definition) is 1. The molecule has 0 amide bonds. The normalized spacial score (nSPS) is 14.0. The summed E-state index contributed by atoms with van der Waals surface area (Å²) in [6.07, 6.45) is 2.83. The molecular formula is C18H25NOS. The predicted molar refractivity (Wildman–Crippen MR) is 91.7 cm³/mol. The number of furan rings is 1. The monoisotopic (exact) mass is 303 g/mol. The van der Waals surface area contributed by atoms with Gasteiger partial charge >= 0.3 is 0 Å². The van der Waals surface area contributed by atoms with Gasteiger partial charge in [-0.1, -0.05) is 45.0 Å². The molecule has 2 atom stereocenters. The highest BCUT2D eigenvalue weighted by Crippen LogP contribution is 2.29. The Morgan fingerprint density at radius 2 is 1.90 bits per heavy atom. The molecule has 0 saturated heterocycles. The summed E-state index contributed by atoms with van der Waals surface area (Å²) < 4.78 is 5.42. The summed E-state index contributed by atoms with van der Waals surface area (Å²) in [5.74, 6) is 1.96. The Balaban J connectivity index is 2.01. The van der Waals surface area contributed by atoms with E-state index in [2.05, 4.69) is 50.4 Å². The largest absolute Gasteiger partial charge is 0.468 e. The number of rotatable bonds is 8. The van der Waals surface area contributed by atoms with Gasteiger partial charge in [0.2, 0.25) is 0 Å². The molecule has 0 saturated carbocycles. The van der Waals surface area contributed by atoms with Crippen molar-refractivity contribution in [2.45, 2.75) is 44.2 Å². The summed E-state index contributed by atoms with van der Waals surface area (Å²) in [6, 6.07) is 13.4. The average molecular weight is 303 g/mol. The predicted octanol–water partition coefficient (Wildman–Crippen LogP) is 4.81. The molecule has 3 heteroatoms. The van der Waals surface area contributed by atoms with Crippen LogP contribution >= 0.6 is 11.8 Å². The molecule has 21 heavy (non-hydrogen) atoms. The van der Waals surface area contributed by atoms with Gasteiger partial charge in [0.1, 0.15) is 5.76 Å². The first-order chi connectivity index (χ1) is 10.2.